The molecule has 0 aromatic rings. The molecule has 102 valence electrons. The van der Waals surface area contributed by atoms with Gasteiger partial charge >= 0.3 is 0 Å². The first-order valence-electron chi connectivity index (χ1n) is 6.49. The number of amides is 2. The normalized spacial score (nSPS) is 24.2. The molecule has 5 nitrogen and oxygen atoms in total. The molecule has 2 rings (SSSR count). The van der Waals surface area contributed by atoms with Crippen LogP contribution in [0, 0.1) is 0 Å². The van der Waals surface area contributed by atoms with Gasteiger partial charge in [0, 0.05) is 26.2 Å². The molecule has 2 aliphatic rings. The topological polar surface area (TPSA) is 66.6 Å². The van der Waals surface area contributed by atoms with Crippen molar-refractivity contribution in [1.29, 1.82) is 0 Å². The van der Waals surface area contributed by atoms with Crippen molar-refractivity contribution in [2.24, 2.45) is 5.73 Å². The Morgan fingerprint density at radius 1 is 1.11 bits per heavy atom. The average Bonchev–Trinajstić information content (AvgIpc) is 2.88. The molecule has 1 saturated heterocycles. The van der Waals surface area contributed by atoms with E-state index >= 15 is 0 Å². The second kappa shape index (κ2) is 5.45. The van der Waals surface area contributed by atoms with Crippen molar-refractivity contribution in [2.75, 3.05) is 32.1 Å². The van der Waals surface area contributed by atoms with Crippen molar-refractivity contribution in [2.45, 2.75) is 31.2 Å². The van der Waals surface area contributed by atoms with Crippen LogP contribution in [0.15, 0.2) is 0 Å². The predicted octanol–water partition coefficient (Wildman–Crippen LogP) is 0.167. The SMILES string of the molecule is NC(=O)C1(N2CCN(C(=O)CCl)CC2)CCCC1. The van der Waals surface area contributed by atoms with Gasteiger partial charge in [-0.3, -0.25) is 14.5 Å². The van der Waals surface area contributed by atoms with Crippen LogP contribution in [-0.4, -0.2) is 59.2 Å². The zero-order valence-electron chi connectivity index (χ0n) is 10.5. The van der Waals surface area contributed by atoms with Gasteiger partial charge in [0.2, 0.25) is 11.8 Å². The maximum Gasteiger partial charge on any atom is 0.237 e. The van der Waals surface area contributed by atoms with E-state index in [0.29, 0.717) is 26.2 Å². The molecule has 0 spiro atoms. The minimum atomic E-state index is -0.462. The van der Waals surface area contributed by atoms with Gasteiger partial charge < -0.3 is 10.6 Å². The van der Waals surface area contributed by atoms with Gasteiger partial charge in [0.1, 0.15) is 11.4 Å². The monoisotopic (exact) mass is 273 g/mol. The smallest absolute Gasteiger partial charge is 0.237 e. The summed E-state index contributed by atoms with van der Waals surface area (Å²) in [6.45, 7) is 2.71. The molecule has 1 aliphatic heterocycles. The number of carbonyl (C=O) groups excluding carboxylic acids is 2. The second-order valence-corrected chi connectivity index (χ2v) is 5.37. The molecule has 2 N–H and O–H groups in total. The summed E-state index contributed by atoms with van der Waals surface area (Å²) in [5.41, 5.74) is 5.14. The standard InChI is InChI=1S/C12H20ClN3O2/c13-9-10(17)15-5-7-16(8-6-15)12(11(14)18)3-1-2-4-12/h1-9H2,(H2,14,18). The van der Waals surface area contributed by atoms with E-state index in [1.165, 1.54) is 0 Å². The summed E-state index contributed by atoms with van der Waals surface area (Å²) < 4.78 is 0. The van der Waals surface area contributed by atoms with Crippen LogP contribution >= 0.6 is 11.6 Å². The number of alkyl halides is 1. The highest BCUT2D eigenvalue weighted by molar-refractivity contribution is 6.27. The van der Waals surface area contributed by atoms with Crippen molar-refractivity contribution >= 4 is 23.4 Å². The number of nitrogens with two attached hydrogens (primary N) is 1. The van der Waals surface area contributed by atoms with Gasteiger partial charge in [-0.15, -0.1) is 11.6 Å². The number of hydrogen-bond donors (Lipinski definition) is 1. The molecule has 0 atom stereocenters. The van der Waals surface area contributed by atoms with Crippen molar-refractivity contribution in [1.82, 2.24) is 9.80 Å². The van der Waals surface area contributed by atoms with Crippen LogP contribution in [0.3, 0.4) is 0 Å². The average molecular weight is 274 g/mol. The maximum absolute atomic E-state index is 11.8. The van der Waals surface area contributed by atoms with E-state index in [1.807, 2.05) is 0 Å². The first kappa shape index (κ1) is 13.6. The van der Waals surface area contributed by atoms with Crippen LogP contribution in [0.1, 0.15) is 25.7 Å². The third-order valence-corrected chi connectivity index (χ3v) is 4.47. The molecule has 0 unspecified atom stereocenters. The largest absolute Gasteiger partial charge is 0.368 e. The van der Waals surface area contributed by atoms with E-state index in [4.69, 9.17) is 17.3 Å². The van der Waals surface area contributed by atoms with Gasteiger partial charge in [0.25, 0.3) is 0 Å². The first-order chi connectivity index (χ1) is 8.60. The number of rotatable bonds is 3. The minimum Gasteiger partial charge on any atom is -0.368 e. The molecule has 6 heteroatoms. The molecular weight excluding hydrogens is 254 g/mol. The molecule has 18 heavy (non-hydrogen) atoms. The fourth-order valence-electron chi connectivity index (χ4n) is 3.15. The molecule has 1 aliphatic carbocycles. The van der Waals surface area contributed by atoms with Gasteiger partial charge in [-0.25, -0.2) is 0 Å². The molecule has 0 bridgehead atoms. The fourth-order valence-corrected chi connectivity index (χ4v) is 3.32. The molecule has 1 saturated carbocycles. The van der Waals surface area contributed by atoms with Crippen molar-refractivity contribution in [3.05, 3.63) is 0 Å². The highest BCUT2D eigenvalue weighted by Crippen LogP contribution is 2.35. The molecular formula is C12H20ClN3O2. The molecule has 0 aromatic carbocycles. The first-order valence-corrected chi connectivity index (χ1v) is 7.02. The Kier molecular flexibility index (Phi) is 4.12. The van der Waals surface area contributed by atoms with E-state index < -0.39 is 5.54 Å². The number of hydrogen-bond acceptors (Lipinski definition) is 3. The van der Waals surface area contributed by atoms with Gasteiger partial charge in [-0.2, -0.15) is 0 Å². The summed E-state index contributed by atoms with van der Waals surface area (Å²) in [6, 6.07) is 0. The zero-order valence-corrected chi connectivity index (χ0v) is 11.3. The maximum atomic E-state index is 11.8. The highest BCUT2D eigenvalue weighted by Gasteiger charge is 2.45. The predicted molar refractivity (Wildman–Crippen MR) is 69.3 cm³/mol. The van der Waals surface area contributed by atoms with Gasteiger partial charge in [0.05, 0.1) is 0 Å². The number of nitrogens with zero attached hydrogens (tertiary/aromatic N) is 2. The Morgan fingerprint density at radius 3 is 2.11 bits per heavy atom. The third kappa shape index (κ3) is 2.34. The van der Waals surface area contributed by atoms with Gasteiger partial charge in [-0.1, -0.05) is 12.8 Å². The quantitative estimate of drug-likeness (QED) is 0.746. The second-order valence-electron chi connectivity index (χ2n) is 5.10. The Morgan fingerprint density at radius 2 is 1.67 bits per heavy atom. The summed E-state index contributed by atoms with van der Waals surface area (Å²) in [6.07, 6.45) is 3.82. The summed E-state index contributed by atoms with van der Waals surface area (Å²) in [4.78, 5) is 27.2. The Labute approximate surface area is 112 Å². The lowest BCUT2D eigenvalue weighted by molar-refractivity contribution is -0.135. The Bertz CT molecular complexity index is 334. The van der Waals surface area contributed by atoms with E-state index in [1.54, 1.807) is 4.90 Å². The van der Waals surface area contributed by atoms with Gasteiger partial charge in [-0.05, 0) is 12.8 Å². The number of carbonyl (C=O) groups is 2. The molecule has 1 heterocycles. The third-order valence-electron chi connectivity index (χ3n) is 4.24. The Hall–Kier alpha value is -0.810. The van der Waals surface area contributed by atoms with Crippen LogP contribution < -0.4 is 5.73 Å². The molecule has 2 amide bonds. The van der Waals surface area contributed by atoms with Crippen molar-refractivity contribution in [3.63, 3.8) is 0 Å². The van der Waals surface area contributed by atoms with Crippen LogP contribution in [0.4, 0.5) is 0 Å². The number of piperazine rings is 1. The van der Waals surface area contributed by atoms with Crippen LogP contribution in [0.2, 0.25) is 0 Å². The van der Waals surface area contributed by atoms with E-state index in [9.17, 15) is 9.59 Å². The molecule has 0 aromatic heterocycles. The van der Waals surface area contributed by atoms with Gasteiger partial charge in [0.15, 0.2) is 0 Å². The lowest BCUT2D eigenvalue weighted by atomic mass is 9.93. The zero-order chi connectivity index (χ0) is 13.2. The Balaban J connectivity index is 2.00. The lowest BCUT2D eigenvalue weighted by Crippen LogP contribution is -2.62. The van der Waals surface area contributed by atoms with Crippen LogP contribution in [-0.2, 0) is 9.59 Å². The van der Waals surface area contributed by atoms with Crippen LogP contribution in [0.5, 0.6) is 0 Å². The minimum absolute atomic E-state index is 0.0287. The summed E-state index contributed by atoms with van der Waals surface area (Å²) >= 11 is 5.55. The van der Waals surface area contributed by atoms with E-state index in [-0.39, 0.29) is 17.7 Å². The molecule has 2 fully saturated rings. The molecule has 0 radical (unpaired) electrons. The highest BCUT2D eigenvalue weighted by atomic mass is 35.5. The van der Waals surface area contributed by atoms with E-state index in [2.05, 4.69) is 4.90 Å². The van der Waals surface area contributed by atoms with E-state index in [0.717, 1.165) is 25.7 Å². The number of halogens is 1. The fraction of sp³-hybridized carbons (Fsp3) is 0.833. The van der Waals surface area contributed by atoms with Crippen molar-refractivity contribution < 1.29 is 9.59 Å². The lowest BCUT2D eigenvalue weighted by Gasteiger charge is -2.44. The van der Waals surface area contributed by atoms with Crippen molar-refractivity contribution in [3.8, 4) is 0 Å². The summed E-state index contributed by atoms with van der Waals surface area (Å²) in [5, 5.41) is 0. The number of primary amides is 1. The summed E-state index contributed by atoms with van der Waals surface area (Å²) in [5.74, 6) is -0.214. The van der Waals surface area contributed by atoms with Crippen LogP contribution in [0.25, 0.3) is 0 Å². The summed E-state index contributed by atoms with van der Waals surface area (Å²) in [7, 11) is 0.